The van der Waals surface area contributed by atoms with Crippen LogP contribution in [0.3, 0.4) is 0 Å². The maximum Gasteiger partial charge on any atom is 0.272 e. The van der Waals surface area contributed by atoms with E-state index in [1.807, 2.05) is 22.8 Å². The number of nitrogens with zero attached hydrogens (tertiary/aromatic N) is 4. The highest BCUT2D eigenvalue weighted by molar-refractivity contribution is 5.92. The highest BCUT2D eigenvalue weighted by Gasteiger charge is 2.43. The normalized spacial score (nSPS) is 23.9. The average molecular weight is 361 g/mol. The van der Waals surface area contributed by atoms with E-state index in [-0.39, 0.29) is 17.2 Å². The van der Waals surface area contributed by atoms with Gasteiger partial charge in [0.1, 0.15) is 5.69 Å². The number of hydrogen-bond donors (Lipinski definition) is 0. The number of carbonyl (C=O) groups is 2. The summed E-state index contributed by atoms with van der Waals surface area (Å²) < 4.78 is 1.77. The molecular formula is C20H32N4O2. The minimum atomic E-state index is 0.0653. The molecule has 0 saturated carbocycles. The maximum absolute atomic E-state index is 13.0. The van der Waals surface area contributed by atoms with Crippen LogP contribution >= 0.6 is 0 Å². The first kappa shape index (κ1) is 18.9. The second-order valence-electron chi connectivity index (χ2n) is 8.36. The first-order chi connectivity index (χ1) is 12.4. The van der Waals surface area contributed by atoms with E-state index in [2.05, 4.69) is 18.9 Å². The van der Waals surface area contributed by atoms with Gasteiger partial charge in [-0.05, 0) is 44.6 Å². The topological polar surface area (TPSA) is 58.4 Å². The molecule has 3 rings (SSSR count). The van der Waals surface area contributed by atoms with Crippen molar-refractivity contribution < 1.29 is 9.59 Å². The molecule has 0 bridgehead atoms. The van der Waals surface area contributed by atoms with Crippen molar-refractivity contribution in [1.82, 2.24) is 19.6 Å². The molecule has 0 aliphatic carbocycles. The number of piperidine rings is 2. The van der Waals surface area contributed by atoms with Crippen molar-refractivity contribution in [1.29, 1.82) is 0 Å². The van der Waals surface area contributed by atoms with Crippen LogP contribution in [0.2, 0.25) is 0 Å². The number of rotatable bonds is 5. The summed E-state index contributed by atoms with van der Waals surface area (Å²) in [5.74, 6) is 0.956. The zero-order valence-electron chi connectivity index (χ0n) is 16.4. The SMILES string of the molecule is CCn1nccc1C(=O)N1CCCC2(CCC(=O)N(CCC(C)C)C2)C1. The van der Waals surface area contributed by atoms with Crippen molar-refractivity contribution in [3.05, 3.63) is 18.0 Å². The molecule has 0 N–H and O–H groups in total. The fourth-order valence-electron chi connectivity index (χ4n) is 4.36. The standard InChI is InChI=1S/C20H32N4O2/c1-4-24-17(7-11-21-24)19(26)23-12-5-9-20(15-23)10-6-18(25)22(14-20)13-8-16(2)3/h7,11,16H,4-6,8-10,12-15H2,1-3H3. The zero-order valence-corrected chi connectivity index (χ0v) is 16.4. The minimum absolute atomic E-state index is 0.0653. The number of aromatic nitrogens is 2. The maximum atomic E-state index is 13.0. The van der Waals surface area contributed by atoms with Crippen LogP contribution in [0.15, 0.2) is 12.3 Å². The van der Waals surface area contributed by atoms with Gasteiger partial charge in [0, 0.05) is 50.8 Å². The number of likely N-dealkylation sites (tertiary alicyclic amines) is 2. The molecule has 6 nitrogen and oxygen atoms in total. The van der Waals surface area contributed by atoms with E-state index in [1.54, 1.807) is 10.9 Å². The quantitative estimate of drug-likeness (QED) is 0.811. The molecule has 2 aliphatic rings. The average Bonchev–Trinajstić information content (AvgIpc) is 3.11. The van der Waals surface area contributed by atoms with Gasteiger partial charge < -0.3 is 9.80 Å². The molecule has 1 aromatic heterocycles. The second-order valence-corrected chi connectivity index (χ2v) is 8.36. The van der Waals surface area contributed by atoms with Crippen LogP contribution in [0.5, 0.6) is 0 Å². The van der Waals surface area contributed by atoms with Crippen LogP contribution in [-0.4, -0.2) is 57.6 Å². The lowest BCUT2D eigenvalue weighted by Gasteiger charge is -2.48. The van der Waals surface area contributed by atoms with E-state index < -0.39 is 0 Å². The summed E-state index contributed by atoms with van der Waals surface area (Å²) in [6.07, 6.45) is 6.38. The number of carbonyl (C=O) groups excluding carboxylic acids is 2. The predicted molar refractivity (Wildman–Crippen MR) is 101 cm³/mol. The number of amides is 2. The molecule has 1 unspecified atom stereocenters. The van der Waals surface area contributed by atoms with Crippen molar-refractivity contribution in [3.8, 4) is 0 Å². The van der Waals surface area contributed by atoms with Crippen LogP contribution in [0.4, 0.5) is 0 Å². The molecule has 1 aromatic rings. The second kappa shape index (κ2) is 7.80. The largest absolute Gasteiger partial charge is 0.342 e. The van der Waals surface area contributed by atoms with Gasteiger partial charge in [-0.1, -0.05) is 13.8 Å². The van der Waals surface area contributed by atoms with Crippen LogP contribution in [0.1, 0.15) is 63.4 Å². The van der Waals surface area contributed by atoms with Gasteiger partial charge in [0.15, 0.2) is 0 Å². The summed E-state index contributed by atoms with van der Waals surface area (Å²) in [5.41, 5.74) is 0.740. The van der Waals surface area contributed by atoms with Gasteiger partial charge in [-0.3, -0.25) is 14.3 Å². The lowest BCUT2D eigenvalue weighted by atomic mass is 9.73. The first-order valence-corrected chi connectivity index (χ1v) is 10.0. The number of aryl methyl sites for hydroxylation is 1. The van der Waals surface area contributed by atoms with Crippen LogP contribution in [0, 0.1) is 11.3 Å². The Morgan fingerprint density at radius 3 is 2.85 bits per heavy atom. The molecule has 3 heterocycles. The van der Waals surface area contributed by atoms with Crippen LogP contribution < -0.4 is 0 Å². The Hall–Kier alpha value is -1.85. The van der Waals surface area contributed by atoms with Crippen molar-refractivity contribution >= 4 is 11.8 Å². The van der Waals surface area contributed by atoms with E-state index in [0.717, 1.165) is 51.9 Å². The molecule has 6 heteroatoms. The highest BCUT2D eigenvalue weighted by atomic mass is 16.2. The molecular weight excluding hydrogens is 328 g/mol. The molecule has 144 valence electrons. The van der Waals surface area contributed by atoms with Crippen molar-refractivity contribution in [2.24, 2.45) is 11.3 Å². The van der Waals surface area contributed by atoms with E-state index in [1.165, 1.54) is 0 Å². The Morgan fingerprint density at radius 1 is 1.31 bits per heavy atom. The summed E-state index contributed by atoms with van der Waals surface area (Å²) in [5, 5.41) is 4.23. The third kappa shape index (κ3) is 3.94. The van der Waals surface area contributed by atoms with Crippen molar-refractivity contribution in [3.63, 3.8) is 0 Å². The fourth-order valence-corrected chi connectivity index (χ4v) is 4.36. The van der Waals surface area contributed by atoms with Gasteiger partial charge in [0.25, 0.3) is 5.91 Å². The molecule has 2 amide bonds. The molecule has 0 aromatic carbocycles. The van der Waals surface area contributed by atoms with E-state index in [0.29, 0.717) is 24.6 Å². The Kier molecular flexibility index (Phi) is 5.68. The van der Waals surface area contributed by atoms with Gasteiger partial charge in [-0.2, -0.15) is 5.10 Å². The highest BCUT2D eigenvalue weighted by Crippen LogP contribution is 2.39. The number of hydrogen-bond acceptors (Lipinski definition) is 3. The molecule has 2 aliphatic heterocycles. The summed E-state index contributed by atoms with van der Waals surface area (Å²) in [7, 11) is 0. The van der Waals surface area contributed by atoms with Crippen LogP contribution in [0.25, 0.3) is 0 Å². The van der Waals surface area contributed by atoms with E-state index in [4.69, 9.17) is 0 Å². The Balaban J connectivity index is 1.70. The zero-order chi connectivity index (χ0) is 18.7. The third-order valence-corrected chi connectivity index (χ3v) is 5.91. The summed E-state index contributed by atoms with van der Waals surface area (Å²) in [4.78, 5) is 29.4. The minimum Gasteiger partial charge on any atom is -0.342 e. The monoisotopic (exact) mass is 360 g/mol. The summed E-state index contributed by atoms with van der Waals surface area (Å²) >= 11 is 0. The van der Waals surface area contributed by atoms with Crippen molar-refractivity contribution in [2.45, 2.75) is 59.4 Å². The van der Waals surface area contributed by atoms with Crippen LogP contribution in [-0.2, 0) is 11.3 Å². The molecule has 2 fully saturated rings. The Labute approximate surface area is 156 Å². The third-order valence-electron chi connectivity index (χ3n) is 5.91. The van der Waals surface area contributed by atoms with Crippen molar-refractivity contribution in [2.75, 3.05) is 26.2 Å². The van der Waals surface area contributed by atoms with Gasteiger partial charge in [0.05, 0.1) is 0 Å². The summed E-state index contributed by atoms with van der Waals surface area (Å²) in [6.45, 7) is 10.3. The van der Waals surface area contributed by atoms with Gasteiger partial charge in [-0.15, -0.1) is 0 Å². The van der Waals surface area contributed by atoms with Gasteiger partial charge in [0.2, 0.25) is 5.91 Å². The van der Waals surface area contributed by atoms with Gasteiger partial charge in [-0.25, -0.2) is 0 Å². The molecule has 1 atom stereocenters. The fraction of sp³-hybridized carbons (Fsp3) is 0.750. The lowest BCUT2D eigenvalue weighted by molar-refractivity contribution is -0.139. The molecule has 0 radical (unpaired) electrons. The van der Waals surface area contributed by atoms with Gasteiger partial charge >= 0.3 is 0 Å². The predicted octanol–water partition coefficient (Wildman–Crippen LogP) is 2.79. The first-order valence-electron chi connectivity index (χ1n) is 10.0. The lowest BCUT2D eigenvalue weighted by Crippen LogP contribution is -2.55. The summed E-state index contributed by atoms with van der Waals surface area (Å²) in [6, 6.07) is 1.81. The molecule has 1 spiro atoms. The molecule has 2 saturated heterocycles. The Morgan fingerprint density at radius 2 is 2.12 bits per heavy atom. The Bertz CT molecular complexity index is 654. The molecule has 26 heavy (non-hydrogen) atoms. The van der Waals surface area contributed by atoms with E-state index >= 15 is 0 Å². The van der Waals surface area contributed by atoms with E-state index in [9.17, 15) is 9.59 Å². The smallest absolute Gasteiger partial charge is 0.272 e.